The fourth-order valence-corrected chi connectivity index (χ4v) is 6.28. The van der Waals surface area contributed by atoms with Gasteiger partial charge < -0.3 is 24.4 Å². The first-order valence-electron chi connectivity index (χ1n) is 16.0. The largest absolute Gasteiger partial charge is 0.514 e. The molecule has 2 aliphatic rings. The van der Waals surface area contributed by atoms with Crippen LogP contribution in [0, 0.1) is 10.1 Å². The highest BCUT2D eigenvalue weighted by atomic mass is 16.7. The van der Waals surface area contributed by atoms with E-state index in [1.54, 1.807) is 7.11 Å². The Labute approximate surface area is 278 Å². The van der Waals surface area contributed by atoms with E-state index in [0.29, 0.717) is 32.2 Å². The molecule has 6 rings (SSSR count). The number of anilines is 3. The minimum Gasteiger partial charge on any atom is -0.497 e. The number of nitro groups is 1. The number of hydrogen-bond acceptors (Lipinski definition) is 9. The minimum atomic E-state index is -0.839. The van der Waals surface area contributed by atoms with E-state index in [9.17, 15) is 19.7 Å². The van der Waals surface area contributed by atoms with Gasteiger partial charge in [-0.05, 0) is 100 Å². The van der Waals surface area contributed by atoms with Crippen molar-refractivity contribution in [2.75, 3.05) is 17.3 Å². The summed E-state index contributed by atoms with van der Waals surface area (Å²) in [5.74, 6) is 2.00. The normalized spacial score (nSPS) is 17.5. The number of carbonyl (C=O) groups is 2. The van der Waals surface area contributed by atoms with Gasteiger partial charge in [0.15, 0.2) is 0 Å². The second kappa shape index (κ2) is 13.4. The van der Waals surface area contributed by atoms with Crippen LogP contribution in [0.4, 0.5) is 27.7 Å². The summed E-state index contributed by atoms with van der Waals surface area (Å²) in [6.45, 7) is 6.78. The molecule has 1 saturated carbocycles. The molecule has 0 saturated heterocycles. The van der Waals surface area contributed by atoms with E-state index in [1.807, 2.05) is 46.0 Å². The standard InChI is InChI=1S/C36H39N5O7/c1-36(2,3)40-33(21-31(38-40)24-7-14-30(20-24)48-35(43)47-29-15-10-27(11-16-29)41(44)45)37-26-9-17-32-25(19-26)8-18-34(42)39(32)22-23-5-12-28(46-4)13-6-23/h5-6,9-13,15-17,19,21,24,30,37H,7-8,14,18,20,22H2,1-4H3/t24-,30+/m0/s1. The van der Waals surface area contributed by atoms with Crippen molar-refractivity contribution >= 4 is 34.9 Å². The predicted octanol–water partition coefficient (Wildman–Crippen LogP) is 7.63. The lowest BCUT2D eigenvalue weighted by atomic mass is 9.99. The van der Waals surface area contributed by atoms with Crippen molar-refractivity contribution in [1.29, 1.82) is 0 Å². The third-order valence-corrected chi connectivity index (χ3v) is 8.73. The first kappa shape index (κ1) is 32.5. The lowest BCUT2D eigenvalue weighted by Crippen LogP contribution is -2.34. The molecule has 48 heavy (non-hydrogen) atoms. The van der Waals surface area contributed by atoms with Gasteiger partial charge in [0.25, 0.3) is 5.69 Å². The first-order valence-corrected chi connectivity index (χ1v) is 16.0. The number of non-ortho nitro benzene ring substituents is 1. The Morgan fingerprint density at radius 1 is 1.00 bits per heavy atom. The third kappa shape index (κ3) is 7.27. The highest BCUT2D eigenvalue weighted by Gasteiger charge is 2.33. The number of aryl methyl sites for hydroxylation is 1. The first-order chi connectivity index (χ1) is 23.0. The van der Waals surface area contributed by atoms with Crippen LogP contribution in [0.3, 0.4) is 0 Å². The van der Waals surface area contributed by atoms with E-state index in [4.69, 9.17) is 19.3 Å². The lowest BCUT2D eigenvalue weighted by molar-refractivity contribution is -0.384. The Morgan fingerprint density at radius 3 is 2.42 bits per heavy atom. The van der Waals surface area contributed by atoms with Crippen LogP contribution in [0.2, 0.25) is 0 Å². The molecule has 12 heteroatoms. The summed E-state index contributed by atoms with van der Waals surface area (Å²) in [5, 5.41) is 19.4. The van der Waals surface area contributed by atoms with E-state index in [2.05, 4.69) is 38.2 Å². The van der Waals surface area contributed by atoms with Gasteiger partial charge in [0.05, 0.1) is 29.8 Å². The van der Waals surface area contributed by atoms with Crippen molar-refractivity contribution in [2.24, 2.45) is 0 Å². The van der Waals surface area contributed by atoms with Crippen LogP contribution in [0.1, 0.15) is 69.2 Å². The maximum absolute atomic E-state index is 13.0. The van der Waals surface area contributed by atoms with Crippen molar-refractivity contribution in [3.8, 4) is 11.5 Å². The summed E-state index contributed by atoms with van der Waals surface area (Å²) in [5.41, 5.74) is 4.48. The Balaban J connectivity index is 1.13. The molecule has 2 atom stereocenters. The average Bonchev–Trinajstić information content (AvgIpc) is 3.70. The molecular weight excluding hydrogens is 614 g/mol. The van der Waals surface area contributed by atoms with Gasteiger partial charge in [-0.3, -0.25) is 14.9 Å². The quantitative estimate of drug-likeness (QED) is 0.0836. The molecule has 0 radical (unpaired) electrons. The van der Waals surface area contributed by atoms with Crippen LogP contribution in [-0.2, 0) is 28.0 Å². The predicted molar refractivity (Wildman–Crippen MR) is 180 cm³/mol. The van der Waals surface area contributed by atoms with E-state index in [0.717, 1.165) is 46.2 Å². The zero-order valence-corrected chi connectivity index (χ0v) is 27.5. The highest BCUT2D eigenvalue weighted by Crippen LogP contribution is 2.39. The van der Waals surface area contributed by atoms with Gasteiger partial charge in [-0.2, -0.15) is 5.10 Å². The number of nitrogens with zero attached hydrogens (tertiary/aromatic N) is 4. The molecule has 0 bridgehead atoms. The number of aromatic nitrogens is 2. The van der Waals surface area contributed by atoms with Crippen molar-refractivity contribution in [3.63, 3.8) is 0 Å². The maximum atomic E-state index is 13.0. The van der Waals surface area contributed by atoms with Crippen molar-refractivity contribution in [1.82, 2.24) is 9.78 Å². The third-order valence-electron chi connectivity index (χ3n) is 8.73. The van der Waals surface area contributed by atoms with Crippen molar-refractivity contribution < 1.29 is 28.7 Å². The molecule has 1 fully saturated rings. The number of fused-ring (bicyclic) bond motifs is 1. The van der Waals surface area contributed by atoms with Gasteiger partial charge in [-0.25, -0.2) is 9.48 Å². The molecule has 0 unspecified atom stereocenters. The molecule has 1 aliphatic carbocycles. The zero-order valence-electron chi connectivity index (χ0n) is 27.5. The minimum absolute atomic E-state index is 0.0894. The molecule has 4 aromatic rings. The van der Waals surface area contributed by atoms with Gasteiger partial charge in [0, 0.05) is 41.9 Å². The zero-order chi connectivity index (χ0) is 34.0. The molecule has 1 N–H and O–H groups in total. The molecule has 1 amide bonds. The Bertz CT molecular complexity index is 1810. The Morgan fingerprint density at radius 2 is 1.73 bits per heavy atom. The number of nitrogens with one attached hydrogen (secondary N) is 1. The van der Waals surface area contributed by atoms with Crippen molar-refractivity contribution in [3.05, 3.63) is 99.7 Å². The van der Waals surface area contributed by atoms with Crippen LogP contribution < -0.4 is 19.7 Å². The summed E-state index contributed by atoms with van der Waals surface area (Å²) in [4.78, 5) is 37.6. The molecular formula is C36H39N5O7. The molecule has 2 heterocycles. The van der Waals surface area contributed by atoms with E-state index in [-0.39, 0.29) is 34.9 Å². The van der Waals surface area contributed by atoms with Crippen LogP contribution in [-0.4, -0.2) is 40.0 Å². The average molecular weight is 654 g/mol. The van der Waals surface area contributed by atoms with Gasteiger partial charge >= 0.3 is 6.16 Å². The number of methoxy groups -OCH3 is 1. The SMILES string of the molecule is COc1ccc(CN2C(=O)CCc3cc(Nc4cc([C@H]5CC[C@@H](OC(=O)Oc6ccc([N+](=O)[O-])cc6)C5)nn4C(C)(C)C)ccc32)cc1. The molecule has 0 spiro atoms. The number of nitro benzene ring substituents is 1. The Kier molecular flexibility index (Phi) is 9.07. The van der Waals surface area contributed by atoms with Crippen LogP contribution in [0.15, 0.2) is 72.8 Å². The summed E-state index contributed by atoms with van der Waals surface area (Å²) >= 11 is 0. The molecule has 1 aliphatic heterocycles. The smallest absolute Gasteiger partial charge is 0.497 e. The van der Waals surface area contributed by atoms with E-state index < -0.39 is 11.1 Å². The summed E-state index contributed by atoms with van der Waals surface area (Å²) in [7, 11) is 1.63. The van der Waals surface area contributed by atoms with Crippen LogP contribution in [0.25, 0.3) is 0 Å². The van der Waals surface area contributed by atoms with E-state index >= 15 is 0 Å². The summed E-state index contributed by atoms with van der Waals surface area (Å²) in [6.07, 6.45) is 2.02. The van der Waals surface area contributed by atoms with Gasteiger partial charge in [-0.1, -0.05) is 12.1 Å². The van der Waals surface area contributed by atoms with Crippen LogP contribution >= 0.6 is 0 Å². The van der Waals surface area contributed by atoms with Gasteiger partial charge in [0.1, 0.15) is 23.4 Å². The molecule has 3 aromatic carbocycles. The second-order valence-corrected chi connectivity index (χ2v) is 13.2. The number of hydrogen-bond donors (Lipinski definition) is 1. The van der Waals surface area contributed by atoms with E-state index in [1.165, 1.54) is 24.3 Å². The number of benzene rings is 3. The molecule has 12 nitrogen and oxygen atoms in total. The monoisotopic (exact) mass is 653 g/mol. The summed E-state index contributed by atoms with van der Waals surface area (Å²) < 4.78 is 18.1. The number of carbonyl (C=O) groups excluding carboxylic acids is 2. The topological polar surface area (TPSA) is 138 Å². The highest BCUT2D eigenvalue weighted by molar-refractivity contribution is 5.96. The fourth-order valence-electron chi connectivity index (χ4n) is 6.28. The number of rotatable bonds is 9. The lowest BCUT2D eigenvalue weighted by Gasteiger charge is -2.30. The van der Waals surface area contributed by atoms with Gasteiger partial charge in [-0.15, -0.1) is 0 Å². The Hall–Kier alpha value is -5.39. The van der Waals surface area contributed by atoms with Crippen molar-refractivity contribution in [2.45, 2.75) is 77.0 Å². The molecule has 250 valence electrons. The van der Waals surface area contributed by atoms with Gasteiger partial charge in [0.2, 0.25) is 5.91 Å². The number of amides is 1. The van der Waals surface area contributed by atoms with Crippen LogP contribution in [0.5, 0.6) is 11.5 Å². The second-order valence-electron chi connectivity index (χ2n) is 13.2. The number of ether oxygens (including phenoxy) is 3. The summed E-state index contributed by atoms with van der Waals surface area (Å²) in [6, 6.07) is 21.2. The molecule has 1 aromatic heterocycles. The fraction of sp³-hybridized carbons (Fsp3) is 0.361. The maximum Gasteiger partial charge on any atom is 0.514 e.